The molecule has 0 aliphatic rings. The average molecular weight is 126 g/mol. The van der Waals surface area contributed by atoms with Crippen molar-refractivity contribution < 1.29 is 8.39 Å². The predicted molar refractivity (Wildman–Crippen MR) is 28.9 cm³/mol. The summed E-state index contributed by atoms with van der Waals surface area (Å²) in [7, 11) is -2.61. The minimum atomic E-state index is -2.61. The lowest BCUT2D eigenvalue weighted by atomic mass is 10.4. The molecule has 0 bridgehead atoms. The molecule has 0 saturated carbocycles. The van der Waals surface area contributed by atoms with E-state index in [1.807, 2.05) is 6.92 Å². The smallest absolute Gasteiger partial charge is 0.189 e. The Labute approximate surface area is 43.9 Å². The van der Waals surface area contributed by atoms with Crippen LogP contribution in [-0.2, 0) is 0 Å². The first-order valence-electron chi connectivity index (χ1n) is 2.36. The summed E-state index contributed by atoms with van der Waals surface area (Å²) in [6, 6.07) is 0. The molecule has 0 amide bonds. The second kappa shape index (κ2) is 4.45. The van der Waals surface area contributed by atoms with Crippen LogP contribution in [0, 0.1) is 0 Å². The molecule has 7 heavy (non-hydrogen) atoms. The molecule has 0 nitrogen and oxygen atoms in total. The Balaban J connectivity index is 2.68. The average Bonchev–Trinajstić information content (AvgIpc) is 1.61. The van der Waals surface area contributed by atoms with Crippen LogP contribution in [0.2, 0.25) is 0 Å². The molecule has 0 rings (SSSR count). The van der Waals surface area contributed by atoms with Gasteiger partial charge in [0.1, 0.15) is 0 Å². The lowest BCUT2D eigenvalue weighted by molar-refractivity contribution is 0.724. The van der Waals surface area contributed by atoms with Crippen LogP contribution in [0.5, 0.6) is 0 Å². The molecule has 0 N–H and O–H groups in total. The van der Waals surface area contributed by atoms with E-state index < -0.39 is 8.54 Å². The Hall–Kier alpha value is 0.290. The van der Waals surface area contributed by atoms with Gasteiger partial charge in [-0.05, 0) is 6.42 Å². The molecule has 0 aromatic carbocycles. The van der Waals surface area contributed by atoms with E-state index in [0.29, 0.717) is 6.42 Å². The normalized spacial score (nSPS) is 10.3. The van der Waals surface area contributed by atoms with Gasteiger partial charge >= 0.3 is 0 Å². The van der Waals surface area contributed by atoms with Gasteiger partial charge in [-0.2, -0.15) is 8.39 Å². The first-order chi connectivity index (χ1) is 3.27. The maximum atomic E-state index is 11.3. The van der Waals surface area contributed by atoms with Gasteiger partial charge in [0, 0.05) is 6.16 Å². The molecule has 0 aromatic rings. The zero-order valence-corrected chi connectivity index (χ0v) is 5.22. The molecule has 0 aliphatic carbocycles. The summed E-state index contributed by atoms with van der Waals surface area (Å²) in [5, 5.41) is 0. The molecule has 0 radical (unpaired) electrons. The Bertz CT molecular complexity index is 38.7. The SMILES string of the molecule is CCCCP(F)F. The Morgan fingerprint density at radius 1 is 1.43 bits per heavy atom. The summed E-state index contributed by atoms with van der Waals surface area (Å²) in [4.78, 5) is 0. The second-order valence-electron chi connectivity index (χ2n) is 1.38. The number of hydrogen-bond acceptors (Lipinski definition) is 0. The van der Waals surface area contributed by atoms with E-state index in [-0.39, 0.29) is 6.16 Å². The van der Waals surface area contributed by atoms with Crippen LogP contribution in [0.4, 0.5) is 8.39 Å². The topological polar surface area (TPSA) is 0 Å². The molecular weight excluding hydrogens is 117 g/mol. The van der Waals surface area contributed by atoms with Gasteiger partial charge in [0.2, 0.25) is 0 Å². The van der Waals surface area contributed by atoms with Crippen molar-refractivity contribution in [3.05, 3.63) is 0 Å². The van der Waals surface area contributed by atoms with E-state index >= 15 is 0 Å². The maximum Gasteiger partial charge on any atom is 0.266 e. The minimum Gasteiger partial charge on any atom is -0.189 e. The fourth-order valence-electron chi connectivity index (χ4n) is 0.278. The van der Waals surface area contributed by atoms with Gasteiger partial charge in [-0.1, -0.05) is 13.3 Å². The largest absolute Gasteiger partial charge is 0.266 e. The Kier molecular flexibility index (Phi) is 4.63. The molecule has 0 heterocycles. The fourth-order valence-corrected chi connectivity index (χ4v) is 0.833. The lowest BCUT2D eigenvalue weighted by Gasteiger charge is -1.90. The highest BCUT2D eigenvalue weighted by Crippen LogP contribution is 2.38. The van der Waals surface area contributed by atoms with Gasteiger partial charge in [-0.3, -0.25) is 0 Å². The van der Waals surface area contributed by atoms with Crippen LogP contribution in [0.3, 0.4) is 0 Å². The molecule has 3 heteroatoms. The van der Waals surface area contributed by atoms with Gasteiger partial charge in [0.05, 0.1) is 0 Å². The van der Waals surface area contributed by atoms with Crippen LogP contribution < -0.4 is 0 Å². The highest BCUT2D eigenvalue weighted by atomic mass is 31.2. The molecule has 44 valence electrons. The standard InChI is InChI=1S/C4H9F2P/c1-2-3-4-7(5)6/h2-4H2,1H3. The number of halogens is 2. The van der Waals surface area contributed by atoms with E-state index in [1.165, 1.54) is 0 Å². The number of hydrogen-bond donors (Lipinski definition) is 0. The highest BCUT2D eigenvalue weighted by Gasteiger charge is 1.99. The van der Waals surface area contributed by atoms with Crippen molar-refractivity contribution in [2.24, 2.45) is 0 Å². The van der Waals surface area contributed by atoms with Gasteiger partial charge in [0.15, 0.2) is 0 Å². The van der Waals surface area contributed by atoms with E-state index in [9.17, 15) is 8.39 Å². The highest BCUT2D eigenvalue weighted by molar-refractivity contribution is 7.46. The summed E-state index contributed by atoms with van der Waals surface area (Å²) in [5.74, 6) is 0. The van der Waals surface area contributed by atoms with Crippen molar-refractivity contribution >= 4 is 8.54 Å². The van der Waals surface area contributed by atoms with Crippen molar-refractivity contribution in [1.82, 2.24) is 0 Å². The molecule has 0 aliphatic heterocycles. The number of rotatable bonds is 3. The molecule has 0 unspecified atom stereocenters. The van der Waals surface area contributed by atoms with Gasteiger partial charge in [-0.25, -0.2) is 0 Å². The molecule has 0 atom stereocenters. The van der Waals surface area contributed by atoms with Crippen LogP contribution >= 0.6 is 8.54 Å². The van der Waals surface area contributed by atoms with E-state index in [0.717, 1.165) is 6.42 Å². The monoisotopic (exact) mass is 126 g/mol. The van der Waals surface area contributed by atoms with Crippen LogP contribution in [0.15, 0.2) is 0 Å². The quantitative estimate of drug-likeness (QED) is 0.510. The minimum absolute atomic E-state index is 0.131. The van der Waals surface area contributed by atoms with Crippen molar-refractivity contribution in [3.63, 3.8) is 0 Å². The van der Waals surface area contributed by atoms with E-state index in [1.54, 1.807) is 0 Å². The fraction of sp³-hybridized carbons (Fsp3) is 1.00. The first-order valence-corrected chi connectivity index (χ1v) is 3.67. The summed E-state index contributed by atoms with van der Waals surface area (Å²) in [6.45, 7) is 1.92. The molecule has 0 aromatic heterocycles. The lowest BCUT2D eigenvalue weighted by Crippen LogP contribution is -1.72. The third kappa shape index (κ3) is 6.29. The maximum absolute atomic E-state index is 11.3. The Morgan fingerprint density at radius 2 is 2.00 bits per heavy atom. The molecule has 0 saturated heterocycles. The third-order valence-corrected chi connectivity index (χ3v) is 1.33. The first kappa shape index (κ1) is 7.29. The van der Waals surface area contributed by atoms with Crippen LogP contribution in [0.25, 0.3) is 0 Å². The van der Waals surface area contributed by atoms with E-state index in [4.69, 9.17) is 0 Å². The van der Waals surface area contributed by atoms with Crippen LogP contribution in [0.1, 0.15) is 19.8 Å². The third-order valence-electron chi connectivity index (χ3n) is 0.681. The van der Waals surface area contributed by atoms with Crippen molar-refractivity contribution in [2.75, 3.05) is 6.16 Å². The van der Waals surface area contributed by atoms with Crippen molar-refractivity contribution in [3.8, 4) is 0 Å². The Morgan fingerprint density at radius 3 is 2.14 bits per heavy atom. The molecule has 0 spiro atoms. The summed E-state index contributed by atoms with van der Waals surface area (Å²) < 4.78 is 22.6. The van der Waals surface area contributed by atoms with Crippen molar-refractivity contribution in [2.45, 2.75) is 19.8 Å². The predicted octanol–water partition coefficient (Wildman–Crippen LogP) is 3.04. The van der Waals surface area contributed by atoms with Crippen molar-refractivity contribution in [1.29, 1.82) is 0 Å². The van der Waals surface area contributed by atoms with Gasteiger partial charge < -0.3 is 0 Å². The molecule has 0 fully saturated rings. The summed E-state index contributed by atoms with van der Waals surface area (Å²) in [5.41, 5.74) is 0. The molecular formula is C4H9F2P. The van der Waals surface area contributed by atoms with Gasteiger partial charge in [0.25, 0.3) is 8.54 Å². The zero-order chi connectivity index (χ0) is 5.70. The van der Waals surface area contributed by atoms with Crippen LogP contribution in [-0.4, -0.2) is 6.16 Å². The number of unbranched alkanes of at least 4 members (excludes halogenated alkanes) is 1. The zero-order valence-electron chi connectivity index (χ0n) is 4.32. The summed E-state index contributed by atoms with van der Waals surface area (Å²) in [6.07, 6.45) is 1.69. The second-order valence-corrected chi connectivity index (χ2v) is 2.43. The van der Waals surface area contributed by atoms with E-state index in [2.05, 4.69) is 0 Å². The summed E-state index contributed by atoms with van der Waals surface area (Å²) >= 11 is 0. The van der Waals surface area contributed by atoms with Gasteiger partial charge in [-0.15, -0.1) is 0 Å².